The minimum Gasteiger partial charge on any atom is -0.478 e. The summed E-state index contributed by atoms with van der Waals surface area (Å²) in [7, 11) is 0. The Morgan fingerprint density at radius 2 is 2.05 bits per heavy atom. The molecule has 0 amide bonds. The van der Waals surface area contributed by atoms with E-state index in [0.29, 0.717) is 5.92 Å². The fraction of sp³-hybridized carbons (Fsp3) is 0.722. The lowest BCUT2D eigenvalue weighted by molar-refractivity contribution is 0.292. The Kier molecular flexibility index (Phi) is 6.50. The molecule has 0 saturated heterocycles. The van der Waals surface area contributed by atoms with Crippen molar-refractivity contribution in [3.63, 3.8) is 0 Å². The van der Waals surface area contributed by atoms with Crippen molar-refractivity contribution in [3.05, 3.63) is 23.4 Å². The molecule has 1 saturated carbocycles. The minimum absolute atomic E-state index is 0.438. The Hall–Kier alpha value is -1.09. The van der Waals surface area contributed by atoms with Crippen LogP contribution in [0, 0.1) is 0 Å². The summed E-state index contributed by atoms with van der Waals surface area (Å²) in [6.45, 7) is 8.31. The third-order valence-corrected chi connectivity index (χ3v) is 3.89. The molecule has 1 aromatic heterocycles. The lowest BCUT2D eigenvalue weighted by Gasteiger charge is -2.12. The van der Waals surface area contributed by atoms with Gasteiger partial charge in [-0.3, -0.25) is 0 Å². The second-order valence-corrected chi connectivity index (χ2v) is 6.46. The molecule has 2 rings (SSSR count). The molecule has 1 aromatic rings. The molecule has 118 valence electrons. The predicted octanol–water partition coefficient (Wildman–Crippen LogP) is 4.42. The lowest BCUT2D eigenvalue weighted by atomic mass is 10.1. The van der Waals surface area contributed by atoms with E-state index in [1.807, 2.05) is 0 Å². The second-order valence-electron chi connectivity index (χ2n) is 6.46. The van der Waals surface area contributed by atoms with Crippen LogP contribution in [0.15, 0.2) is 12.1 Å². The molecular weight excluding hydrogens is 260 g/mol. The van der Waals surface area contributed by atoms with Gasteiger partial charge < -0.3 is 10.1 Å². The van der Waals surface area contributed by atoms with Gasteiger partial charge in [-0.2, -0.15) is 0 Å². The first-order valence-electron chi connectivity index (χ1n) is 8.56. The Bertz CT molecular complexity index is 427. The first kappa shape index (κ1) is 16.3. The summed E-state index contributed by atoms with van der Waals surface area (Å²) in [4.78, 5) is 4.64. The fourth-order valence-corrected chi connectivity index (χ4v) is 2.31. The molecule has 0 bridgehead atoms. The third kappa shape index (κ3) is 6.04. The van der Waals surface area contributed by atoms with E-state index in [1.54, 1.807) is 0 Å². The highest BCUT2D eigenvalue weighted by atomic mass is 16.5. The van der Waals surface area contributed by atoms with Gasteiger partial charge in [-0.25, -0.2) is 4.98 Å². The second kappa shape index (κ2) is 8.38. The molecule has 0 radical (unpaired) electrons. The fourth-order valence-electron chi connectivity index (χ4n) is 2.31. The largest absolute Gasteiger partial charge is 0.478 e. The average molecular weight is 290 g/mol. The summed E-state index contributed by atoms with van der Waals surface area (Å²) in [5.74, 6) is 1.23. The normalized spacial score (nSPS) is 14.7. The Balaban J connectivity index is 1.90. The van der Waals surface area contributed by atoms with Crippen LogP contribution in [0.4, 0.5) is 0 Å². The SMILES string of the molecule is CCCCCCOc1cc(CNC2CC2)cc(C(C)C)n1. The Morgan fingerprint density at radius 1 is 1.24 bits per heavy atom. The van der Waals surface area contributed by atoms with E-state index < -0.39 is 0 Å². The molecule has 3 heteroatoms. The summed E-state index contributed by atoms with van der Waals surface area (Å²) in [5.41, 5.74) is 2.43. The molecule has 1 fully saturated rings. The minimum atomic E-state index is 0.438. The van der Waals surface area contributed by atoms with Crippen LogP contribution in [0.2, 0.25) is 0 Å². The lowest BCUT2D eigenvalue weighted by Crippen LogP contribution is -2.16. The molecule has 0 aliphatic heterocycles. The summed E-state index contributed by atoms with van der Waals surface area (Å²) in [5, 5.41) is 3.57. The van der Waals surface area contributed by atoms with Crippen LogP contribution in [-0.2, 0) is 6.54 Å². The van der Waals surface area contributed by atoms with Crippen LogP contribution >= 0.6 is 0 Å². The number of pyridine rings is 1. The zero-order chi connectivity index (χ0) is 15.1. The highest BCUT2D eigenvalue weighted by molar-refractivity contribution is 5.26. The molecular formula is C18H30N2O. The highest BCUT2D eigenvalue weighted by Crippen LogP contribution is 2.22. The first-order chi connectivity index (χ1) is 10.2. The van der Waals surface area contributed by atoms with Gasteiger partial charge in [-0.15, -0.1) is 0 Å². The molecule has 1 aliphatic carbocycles. The van der Waals surface area contributed by atoms with Crippen molar-refractivity contribution in [1.29, 1.82) is 0 Å². The van der Waals surface area contributed by atoms with E-state index in [1.165, 1.54) is 37.7 Å². The number of hydrogen-bond donors (Lipinski definition) is 1. The van der Waals surface area contributed by atoms with Crippen molar-refractivity contribution in [3.8, 4) is 5.88 Å². The first-order valence-corrected chi connectivity index (χ1v) is 8.56. The maximum absolute atomic E-state index is 5.87. The van der Waals surface area contributed by atoms with Gasteiger partial charge in [0.2, 0.25) is 5.88 Å². The number of ether oxygens (including phenoxy) is 1. The van der Waals surface area contributed by atoms with Gasteiger partial charge in [0.15, 0.2) is 0 Å². The van der Waals surface area contributed by atoms with Crippen LogP contribution in [-0.4, -0.2) is 17.6 Å². The zero-order valence-electron chi connectivity index (χ0n) is 13.8. The van der Waals surface area contributed by atoms with Crippen molar-refractivity contribution < 1.29 is 4.74 Å². The van der Waals surface area contributed by atoms with Gasteiger partial charge in [0, 0.05) is 24.3 Å². The summed E-state index contributed by atoms with van der Waals surface area (Å²) in [6.07, 6.45) is 7.57. The van der Waals surface area contributed by atoms with Crippen LogP contribution in [0.25, 0.3) is 0 Å². The number of aromatic nitrogens is 1. The average Bonchev–Trinajstić information content (AvgIpc) is 3.29. The summed E-state index contributed by atoms with van der Waals surface area (Å²) >= 11 is 0. The van der Waals surface area contributed by atoms with E-state index in [2.05, 4.69) is 43.2 Å². The van der Waals surface area contributed by atoms with Gasteiger partial charge in [0.05, 0.1) is 6.61 Å². The number of nitrogens with one attached hydrogen (secondary N) is 1. The molecule has 21 heavy (non-hydrogen) atoms. The number of rotatable bonds is 10. The number of hydrogen-bond acceptors (Lipinski definition) is 3. The maximum atomic E-state index is 5.87. The maximum Gasteiger partial charge on any atom is 0.213 e. The Morgan fingerprint density at radius 3 is 2.71 bits per heavy atom. The van der Waals surface area contributed by atoms with E-state index >= 15 is 0 Å². The van der Waals surface area contributed by atoms with E-state index in [0.717, 1.165) is 37.2 Å². The molecule has 1 N–H and O–H groups in total. The van der Waals surface area contributed by atoms with Crippen molar-refractivity contribution in [2.75, 3.05) is 6.61 Å². The topological polar surface area (TPSA) is 34.1 Å². The van der Waals surface area contributed by atoms with Crippen LogP contribution in [0.5, 0.6) is 5.88 Å². The predicted molar refractivity (Wildman–Crippen MR) is 87.8 cm³/mol. The van der Waals surface area contributed by atoms with Crippen LogP contribution < -0.4 is 10.1 Å². The highest BCUT2D eigenvalue weighted by Gasteiger charge is 2.20. The summed E-state index contributed by atoms with van der Waals surface area (Å²) in [6, 6.07) is 5.05. The van der Waals surface area contributed by atoms with E-state index in [4.69, 9.17) is 4.74 Å². The van der Waals surface area contributed by atoms with Crippen LogP contribution in [0.1, 0.15) is 76.5 Å². The molecule has 0 atom stereocenters. The van der Waals surface area contributed by atoms with Gasteiger partial charge in [0.25, 0.3) is 0 Å². The number of nitrogens with zero attached hydrogens (tertiary/aromatic N) is 1. The van der Waals surface area contributed by atoms with Crippen LogP contribution in [0.3, 0.4) is 0 Å². The molecule has 3 nitrogen and oxygen atoms in total. The van der Waals surface area contributed by atoms with Gasteiger partial charge >= 0.3 is 0 Å². The van der Waals surface area contributed by atoms with Gasteiger partial charge in [-0.05, 0) is 36.8 Å². The smallest absolute Gasteiger partial charge is 0.213 e. The monoisotopic (exact) mass is 290 g/mol. The number of unbranched alkanes of at least 4 members (excludes halogenated alkanes) is 3. The third-order valence-electron chi connectivity index (χ3n) is 3.89. The van der Waals surface area contributed by atoms with Crippen molar-refractivity contribution in [1.82, 2.24) is 10.3 Å². The zero-order valence-corrected chi connectivity index (χ0v) is 13.8. The molecule has 1 aliphatic rings. The van der Waals surface area contributed by atoms with Crippen molar-refractivity contribution in [2.45, 2.75) is 77.8 Å². The van der Waals surface area contributed by atoms with Crippen molar-refractivity contribution >= 4 is 0 Å². The molecule has 0 spiro atoms. The Labute approximate surface area is 129 Å². The van der Waals surface area contributed by atoms with E-state index in [9.17, 15) is 0 Å². The molecule has 0 aromatic carbocycles. The van der Waals surface area contributed by atoms with Crippen molar-refractivity contribution in [2.24, 2.45) is 0 Å². The molecule has 0 unspecified atom stereocenters. The quantitative estimate of drug-likeness (QED) is 0.648. The summed E-state index contributed by atoms with van der Waals surface area (Å²) < 4.78 is 5.87. The standard InChI is InChI=1S/C18H30N2O/c1-4-5-6-7-10-21-18-12-15(13-19-16-8-9-16)11-17(20-18)14(2)3/h11-12,14,16,19H,4-10,13H2,1-3H3. The van der Waals surface area contributed by atoms with Gasteiger partial charge in [-0.1, -0.05) is 40.0 Å². The van der Waals surface area contributed by atoms with Gasteiger partial charge in [0.1, 0.15) is 0 Å². The molecule has 1 heterocycles. The van der Waals surface area contributed by atoms with E-state index in [-0.39, 0.29) is 0 Å².